The summed E-state index contributed by atoms with van der Waals surface area (Å²) in [5.74, 6) is -0.687. The van der Waals surface area contributed by atoms with Crippen molar-refractivity contribution in [2.75, 3.05) is 25.8 Å². The third-order valence-corrected chi connectivity index (χ3v) is 2.42. The molecular weight excluding hydrogens is 262 g/mol. The van der Waals surface area contributed by atoms with Gasteiger partial charge in [-0.3, -0.25) is 4.79 Å². The number of rotatable bonds is 3. The average molecular weight is 272 g/mol. The number of nitrogens with one attached hydrogen (secondary N) is 1. The molecule has 1 amide bonds. The quantitative estimate of drug-likeness (QED) is 0.665. The highest BCUT2D eigenvalue weighted by Crippen LogP contribution is 2.35. The Kier molecular flexibility index (Phi) is 3.69. The van der Waals surface area contributed by atoms with Crippen molar-refractivity contribution in [2.45, 2.75) is 0 Å². The van der Waals surface area contributed by atoms with Crippen LogP contribution in [0.5, 0.6) is 5.75 Å². The van der Waals surface area contributed by atoms with Crippen LogP contribution in [0, 0.1) is 0 Å². The number of halogens is 1. The van der Waals surface area contributed by atoms with Crippen LogP contribution in [-0.2, 0) is 14.3 Å². The molecule has 0 unspecified atom stereocenters. The molecule has 0 aromatic heterocycles. The minimum Gasteiger partial charge on any atom is -0.481 e. The number of esters is 1. The van der Waals surface area contributed by atoms with Crippen LogP contribution < -0.4 is 10.1 Å². The minimum absolute atomic E-state index is 0.148. The normalized spacial score (nSPS) is 13.3. The van der Waals surface area contributed by atoms with Crippen LogP contribution in [0.15, 0.2) is 12.1 Å². The van der Waals surface area contributed by atoms with E-state index in [2.05, 4.69) is 10.1 Å². The van der Waals surface area contributed by atoms with E-state index in [9.17, 15) is 9.59 Å². The number of methoxy groups -OCH3 is 1. The number of fused-ring (bicyclic) bond motifs is 1. The van der Waals surface area contributed by atoms with Gasteiger partial charge in [-0.1, -0.05) is 11.6 Å². The molecule has 0 fully saturated rings. The number of carbonyl (C=O) groups excluding carboxylic acids is 2. The first kappa shape index (κ1) is 12.7. The Morgan fingerprint density at radius 3 is 3.06 bits per heavy atom. The number of hydrogen-bond acceptors (Lipinski definition) is 5. The largest absolute Gasteiger partial charge is 0.481 e. The molecule has 0 aliphatic carbocycles. The highest BCUT2D eigenvalue weighted by Gasteiger charge is 2.24. The van der Waals surface area contributed by atoms with Gasteiger partial charge in [0.2, 0.25) is 0 Å². The molecule has 0 spiro atoms. The van der Waals surface area contributed by atoms with E-state index in [1.165, 1.54) is 19.2 Å². The van der Waals surface area contributed by atoms with Crippen LogP contribution in [-0.4, -0.2) is 32.4 Å². The summed E-state index contributed by atoms with van der Waals surface area (Å²) < 4.78 is 14.7. The van der Waals surface area contributed by atoms with Gasteiger partial charge in [0.25, 0.3) is 5.91 Å². The standard InChI is InChI=1S/C11H10ClNO5/c1-16-5-18-11(15)7-2-6(12)3-8-10(7)17-4-9(14)13-8/h2-3H,4-5H2,1H3,(H,13,14). The van der Waals surface area contributed by atoms with Crippen molar-refractivity contribution in [3.8, 4) is 5.75 Å². The van der Waals surface area contributed by atoms with Gasteiger partial charge >= 0.3 is 5.97 Å². The van der Waals surface area contributed by atoms with Gasteiger partial charge in [-0.05, 0) is 12.1 Å². The van der Waals surface area contributed by atoms with E-state index in [4.69, 9.17) is 21.1 Å². The first-order valence-electron chi connectivity index (χ1n) is 5.04. The monoisotopic (exact) mass is 271 g/mol. The molecular formula is C11H10ClNO5. The predicted octanol–water partition coefficient (Wildman–Crippen LogP) is 1.43. The Labute approximate surface area is 108 Å². The third kappa shape index (κ3) is 2.55. The molecule has 1 aliphatic rings. The average Bonchev–Trinajstić information content (AvgIpc) is 2.34. The Balaban J connectivity index is 2.35. The van der Waals surface area contributed by atoms with Gasteiger partial charge in [0, 0.05) is 12.1 Å². The summed E-state index contributed by atoms with van der Waals surface area (Å²) in [7, 11) is 1.40. The van der Waals surface area contributed by atoms with Gasteiger partial charge in [-0.15, -0.1) is 0 Å². The summed E-state index contributed by atoms with van der Waals surface area (Å²) in [5, 5.41) is 2.86. The highest BCUT2D eigenvalue weighted by molar-refractivity contribution is 6.31. The molecule has 96 valence electrons. The van der Waals surface area contributed by atoms with E-state index < -0.39 is 5.97 Å². The molecule has 2 rings (SSSR count). The summed E-state index contributed by atoms with van der Waals surface area (Å²) in [4.78, 5) is 22.9. The van der Waals surface area contributed by atoms with E-state index in [1.54, 1.807) is 0 Å². The molecule has 0 bridgehead atoms. The smallest absolute Gasteiger partial charge is 0.344 e. The second kappa shape index (κ2) is 5.24. The number of benzene rings is 1. The molecule has 18 heavy (non-hydrogen) atoms. The second-order valence-electron chi connectivity index (χ2n) is 3.51. The maximum absolute atomic E-state index is 11.8. The van der Waals surface area contributed by atoms with E-state index >= 15 is 0 Å². The number of ether oxygens (including phenoxy) is 3. The molecule has 0 saturated carbocycles. The Morgan fingerprint density at radius 1 is 1.56 bits per heavy atom. The highest BCUT2D eigenvalue weighted by atomic mass is 35.5. The van der Waals surface area contributed by atoms with Crippen LogP contribution in [0.25, 0.3) is 0 Å². The van der Waals surface area contributed by atoms with Crippen LogP contribution in [0.3, 0.4) is 0 Å². The molecule has 1 aliphatic heterocycles. The maximum atomic E-state index is 11.8. The summed E-state index contributed by atoms with van der Waals surface area (Å²) in [6.07, 6.45) is 0. The minimum atomic E-state index is -0.633. The molecule has 1 heterocycles. The fourth-order valence-corrected chi connectivity index (χ4v) is 1.73. The second-order valence-corrected chi connectivity index (χ2v) is 3.94. The third-order valence-electron chi connectivity index (χ3n) is 2.20. The lowest BCUT2D eigenvalue weighted by atomic mass is 10.1. The van der Waals surface area contributed by atoms with Crippen LogP contribution in [0.1, 0.15) is 10.4 Å². The number of carbonyl (C=O) groups is 2. The van der Waals surface area contributed by atoms with Crippen molar-refractivity contribution in [1.29, 1.82) is 0 Å². The van der Waals surface area contributed by atoms with Crippen molar-refractivity contribution in [3.05, 3.63) is 22.7 Å². The summed E-state index contributed by atoms with van der Waals surface area (Å²) >= 11 is 5.86. The van der Waals surface area contributed by atoms with E-state index in [-0.39, 0.29) is 30.6 Å². The van der Waals surface area contributed by atoms with Gasteiger partial charge in [0.15, 0.2) is 19.1 Å². The zero-order valence-corrected chi connectivity index (χ0v) is 10.2. The van der Waals surface area contributed by atoms with Gasteiger partial charge in [0.05, 0.1) is 5.69 Å². The number of anilines is 1. The summed E-state index contributed by atoms with van der Waals surface area (Å²) in [6, 6.07) is 2.91. The fraction of sp³-hybridized carbons (Fsp3) is 0.273. The van der Waals surface area contributed by atoms with E-state index in [1.807, 2.05) is 0 Å². The lowest BCUT2D eigenvalue weighted by Gasteiger charge is -2.20. The topological polar surface area (TPSA) is 73.9 Å². The van der Waals surface area contributed by atoms with Crippen molar-refractivity contribution in [1.82, 2.24) is 0 Å². The molecule has 6 nitrogen and oxygen atoms in total. The van der Waals surface area contributed by atoms with E-state index in [0.717, 1.165) is 0 Å². The van der Waals surface area contributed by atoms with Gasteiger partial charge < -0.3 is 19.5 Å². The molecule has 1 N–H and O–H groups in total. The maximum Gasteiger partial charge on any atom is 0.344 e. The molecule has 0 saturated heterocycles. The van der Waals surface area contributed by atoms with Crippen molar-refractivity contribution < 1.29 is 23.8 Å². The number of amides is 1. The van der Waals surface area contributed by atoms with Crippen molar-refractivity contribution in [3.63, 3.8) is 0 Å². The fourth-order valence-electron chi connectivity index (χ4n) is 1.51. The van der Waals surface area contributed by atoms with Crippen LogP contribution in [0.4, 0.5) is 5.69 Å². The number of hydrogen-bond donors (Lipinski definition) is 1. The van der Waals surface area contributed by atoms with Crippen LogP contribution >= 0.6 is 11.6 Å². The SMILES string of the molecule is COCOC(=O)c1cc(Cl)cc2c1OCC(=O)N2. The summed E-state index contributed by atoms with van der Waals surface area (Å²) in [6.45, 7) is -0.328. The lowest BCUT2D eigenvalue weighted by Crippen LogP contribution is -2.27. The summed E-state index contributed by atoms with van der Waals surface area (Å²) in [5.41, 5.74) is 0.498. The Bertz CT molecular complexity index is 502. The van der Waals surface area contributed by atoms with Crippen LogP contribution in [0.2, 0.25) is 5.02 Å². The van der Waals surface area contributed by atoms with E-state index in [0.29, 0.717) is 10.7 Å². The van der Waals surface area contributed by atoms with Gasteiger partial charge in [0.1, 0.15) is 5.56 Å². The first-order chi connectivity index (χ1) is 8.61. The first-order valence-corrected chi connectivity index (χ1v) is 5.42. The lowest BCUT2D eigenvalue weighted by molar-refractivity contribution is -0.118. The molecule has 1 aromatic rings. The molecule has 7 heteroatoms. The van der Waals surface area contributed by atoms with Gasteiger partial charge in [-0.2, -0.15) is 0 Å². The van der Waals surface area contributed by atoms with Crippen molar-refractivity contribution >= 4 is 29.2 Å². The predicted molar refractivity (Wildman–Crippen MR) is 62.9 cm³/mol. The molecule has 1 aromatic carbocycles. The Morgan fingerprint density at radius 2 is 2.33 bits per heavy atom. The van der Waals surface area contributed by atoms with Gasteiger partial charge in [-0.25, -0.2) is 4.79 Å². The molecule has 0 radical (unpaired) electrons. The zero-order valence-electron chi connectivity index (χ0n) is 9.49. The zero-order chi connectivity index (χ0) is 13.1. The Hall–Kier alpha value is -1.79. The molecule has 0 atom stereocenters. The van der Waals surface area contributed by atoms with Crippen molar-refractivity contribution in [2.24, 2.45) is 0 Å².